The first-order valence-corrected chi connectivity index (χ1v) is 9.29. The summed E-state index contributed by atoms with van der Waals surface area (Å²) in [5.41, 5.74) is 3.00. The number of Topliss-reactive ketones (excluding diaryl/α,β-unsaturated/α-hetero) is 1. The van der Waals surface area contributed by atoms with Crippen LogP contribution in [0.1, 0.15) is 28.8 Å². The van der Waals surface area contributed by atoms with Crippen molar-refractivity contribution in [3.8, 4) is 0 Å². The number of rotatable bonds is 5. The predicted molar refractivity (Wildman–Crippen MR) is 105 cm³/mol. The summed E-state index contributed by atoms with van der Waals surface area (Å²) in [5.74, 6) is 0.00326. The Hall–Kier alpha value is -2.33. The summed E-state index contributed by atoms with van der Waals surface area (Å²) >= 11 is 5.92. The van der Waals surface area contributed by atoms with Crippen molar-refractivity contribution < 1.29 is 9.59 Å². The summed E-state index contributed by atoms with van der Waals surface area (Å²) in [6, 6.07) is 15.3. The van der Waals surface area contributed by atoms with Crippen molar-refractivity contribution in [3.63, 3.8) is 0 Å². The molecule has 4 nitrogen and oxygen atoms in total. The van der Waals surface area contributed by atoms with Crippen LogP contribution in [0.2, 0.25) is 5.02 Å². The number of anilines is 1. The van der Waals surface area contributed by atoms with E-state index in [2.05, 4.69) is 36.1 Å². The van der Waals surface area contributed by atoms with Crippen molar-refractivity contribution in [2.75, 3.05) is 31.1 Å². The first-order valence-electron chi connectivity index (χ1n) is 8.91. The Labute approximate surface area is 159 Å². The minimum absolute atomic E-state index is 0.0424. The van der Waals surface area contributed by atoms with Gasteiger partial charge in [-0.3, -0.25) is 9.59 Å². The smallest absolute Gasteiger partial charge is 0.223 e. The van der Waals surface area contributed by atoms with Crippen LogP contribution in [0.4, 0.5) is 5.69 Å². The van der Waals surface area contributed by atoms with Crippen LogP contribution in [0.3, 0.4) is 0 Å². The molecule has 0 spiro atoms. The van der Waals surface area contributed by atoms with Gasteiger partial charge < -0.3 is 9.80 Å². The summed E-state index contributed by atoms with van der Waals surface area (Å²) in [6.45, 7) is 5.10. The number of carbonyl (C=O) groups is 2. The highest BCUT2D eigenvalue weighted by atomic mass is 35.5. The molecule has 0 bridgehead atoms. The van der Waals surface area contributed by atoms with Gasteiger partial charge in [0, 0.05) is 55.3 Å². The van der Waals surface area contributed by atoms with Crippen LogP contribution in [-0.2, 0) is 4.79 Å². The lowest BCUT2D eigenvalue weighted by molar-refractivity contribution is -0.131. The molecule has 0 saturated carbocycles. The molecule has 1 heterocycles. The molecule has 2 aromatic carbocycles. The number of halogens is 1. The SMILES string of the molecule is Cc1cccc(N2CCN(C(=O)CCC(=O)c3cccc(Cl)c3)CC2)c1. The van der Waals surface area contributed by atoms with Gasteiger partial charge in [-0.15, -0.1) is 0 Å². The third-order valence-corrected chi connectivity index (χ3v) is 4.95. The van der Waals surface area contributed by atoms with Crippen LogP contribution in [0.5, 0.6) is 0 Å². The Morgan fingerprint density at radius 2 is 1.69 bits per heavy atom. The highest BCUT2D eigenvalue weighted by Crippen LogP contribution is 2.18. The standard InChI is InChI=1S/C21H23ClN2O2/c1-16-4-2-7-19(14-16)23-10-12-24(13-11-23)21(26)9-8-20(25)17-5-3-6-18(22)15-17/h2-7,14-15H,8-13H2,1H3. The third-order valence-electron chi connectivity index (χ3n) is 4.71. The van der Waals surface area contributed by atoms with E-state index in [4.69, 9.17) is 11.6 Å². The van der Waals surface area contributed by atoms with Crippen molar-refractivity contribution >= 4 is 29.0 Å². The fraction of sp³-hybridized carbons (Fsp3) is 0.333. The molecule has 0 atom stereocenters. The molecular weight excluding hydrogens is 348 g/mol. The molecule has 5 heteroatoms. The first-order chi connectivity index (χ1) is 12.5. The number of ketones is 1. The van der Waals surface area contributed by atoms with Crippen LogP contribution in [0, 0.1) is 6.92 Å². The second-order valence-electron chi connectivity index (χ2n) is 6.64. The van der Waals surface area contributed by atoms with E-state index in [0.29, 0.717) is 23.7 Å². The van der Waals surface area contributed by atoms with E-state index in [1.807, 2.05) is 4.90 Å². The lowest BCUT2D eigenvalue weighted by Crippen LogP contribution is -2.48. The van der Waals surface area contributed by atoms with E-state index in [1.165, 1.54) is 11.3 Å². The van der Waals surface area contributed by atoms with E-state index in [0.717, 1.165) is 13.1 Å². The second kappa shape index (κ2) is 8.37. The van der Waals surface area contributed by atoms with Gasteiger partial charge in [0.15, 0.2) is 5.78 Å². The van der Waals surface area contributed by atoms with Gasteiger partial charge >= 0.3 is 0 Å². The molecule has 136 valence electrons. The Morgan fingerprint density at radius 1 is 0.962 bits per heavy atom. The number of aryl methyl sites for hydroxylation is 1. The highest BCUT2D eigenvalue weighted by Gasteiger charge is 2.22. The fourth-order valence-electron chi connectivity index (χ4n) is 3.22. The summed E-state index contributed by atoms with van der Waals surface area (Å²) < 4.78 is 0. The molecule has 0 radical (unpaired) electrons. The quantitative estimate of drug-likeness (QED) is 0.748. The lowest BCUT2D eigenvalue weighted by Gasteiger charge is -2.36. The number of hydrogen-bond donors (Lipinski definition) is 0. The number of amides is 1. The van der Waals surface area contributed by atoms with Crippen LogP contribution in [-0.4, -0.2) is 42.8 Å². The normalized spacial score (nSPS) is 14.4. The minimum Gasteiger partial charge on any atom is -0.368 e. The van der Waals surface area contributed by atoms with Crippen molar-refractivity contribution in [1.82, 2.24) is 4.90 Å². The molecule has 0 aromatic heterocycles. The first kappa shape index (κ1) is 18.5. The molecule has 1 aliphatic heterocycles. The van der Waals surface area contributed by atoms with E-state index in [-0.39, 0.29) is 24.5 Å². The van der Waals surface area contributed by atoms with E-state index in [9.17, 15) is 9.59 Å². The molecule has 1 fully saturated rings. The molecule has 0 aliphatic carbocycles. The molecule has 26 heavy (non-hydrogen) atoms. The zero-order valence-corrected chi connectivity index (χ0v) is 15.7. The largest absolute Gasteiger partial charge is 0.368 e. The van der Waals surface area contributed by atoms with Crippen molar-refractivity contribution in [1.29, 1.82) is 0 Å². The van der Waals surface area contributed by atoms with E-state index < -0.39 is 0 Å². The summed E-state index contributed by atoms with van der Waals surface area (Å²) in [4.78, 5) is 28.8. The predicted octanol–water partition coefficient (Wildman–Crippen LogP) is 3.96. The minimum atomic E-state index is -0.0424. The summed E-state index contributed by atoms with van der Waals surface area (Å²) in [6.07, 6.45) is 0.465. The molecule has 1 saturated heterocycles. The van der Waals surface area contributed by atoms with Crippen molar-refractivity contribution in [2.45, 2.75) is 19.8 Å². The van der Waals surface area contributed by atoms with Gasteiger partial charge in [-0.2, -0.15) is 0 Å². The van der Waals surface area contributed by atoms with Crippen LogP contribution >= 0.6 is 11.6 Å². The fourth-order valence-corrected chi connectivity index (χ4v) is 3.41. The van der Waals surface area contributed by atoms with Crippen LogP contribution in [0.25, 0.3) is 0 Å². The molecule has 0 N–H and O–H groups in total. The van der Waals surface area contributed by atoms with Gasteiger partial charge in [0.1, 0.15) is 0 Å². The molecular formula is C21H23ClN2O2. The zero-order chi connectivity index (χ0) is 18.5. The number of carbonyl (C=O) groups excluding carboxylic acids is 2. The lowest BCUT2D eigenvalue weighted by atomic mass is 10.1. The number of piperazine rings is 1. The zero-order valence-electron chi connectivity index (χ0n) is 15.0. The number of nitrogens with zero attached hydrogens (tertiary/aromatic N) is 2. The topological polar surface area (TPSA) is 40.6 Å². The van der Waals surface area contributed by atoms with Crippen molar-refractivity contribution in [3.05, 3.63) is 64.7 Å². The Morgan fingerprint density at radius 3 is 2.38 bits per heavy atom. The van der Waals surface area contributed by atoms with Crippen LogP contribution in [0.15, 0.2) is 48.5 Å². The Kier molecular flexibility index (Phi) is 5.94. The number of hydrogen-bond acceptors (Lipinski definition) is 3. The second-order valence-corrected chi connectivity index (χ2v) is 7.08. The average Bonchev–Trinajstić information content (AvgIpc) is 2.66. The van der Waals surface area contributed by atoms with Crippen molar-refractivity contribution in [2.24, 2.45) is 0 Å². The van der Waals surface area contributed by atoms with E-state index >= 15 is 0 Å². The number of benzene rings is 2. The monoisotopic (exact) mass is 370 g/mol. The molecule has 2 aromatic rings. The average molecular weight is 371 g/mol. The van der Waals surface area contributed by atoms with Gasteiger partial charge in [-0.25, -0.2) is 0 Å². The maximum Gasteiger partial charge on any atom is 0.223 e. The Balaban J connectivity index is 1.48. The van der Waals surface area contributed by atoms with Gasteiger partial charge in [0.05, 0.1) is 0 Å². The Bertz CT molecular complexity index is 798. The van der Waals surface area contributed by atoms with Gasteiger partial charge in [-0.05, 0) is 36.8 Å². The molecule has 1 amide bonds. The summed E-state index contributed by atoms with van der Waals surface area (Å²) in [7, 11) is 0. The van der Waals surface area contributed by atoms with Crippen LogP contribution < -0.4 is 4.90 Å². The van der Waals surface area contributed by atoms with Gasteiger partial charge in [0.2, 0.25) is 5.91 Å². The maximum absolute atomic E-state index is 12.4. The molecule has 0 unspecified atom stereocenters. The summed E-state index contributed by atoms with van der Waals surface area (Å²) in [5, 5.41) is 0.537. The maximum atomic E-state index is 12.4. The third kappa shape index (κ3) is 4.64. The van der Waals surface area contributed by atoms with Gasteiger partial charge in [-0.1, -0.05) is 35.9 Å². The molecule has 1 aliphatic rings. The highest BCUT2D eigenvalue weighted by molar-refractivity contribution is 6.31. The van der Waals surface area contributed by atoms with Gasteiger partial charge in [0.25, 0.3) is 0 Å². The van der Waals surface area contributed by atoms with E-state index in [1.54, 1.807) is 24.3 Å². The molecule has 3 rings (SSSR count).